The zero-order valence-electron chi connectivity index (χ0n) is 8.99. The van der Waals surface area contributed by atoms with Crippen LogP contribution in [0.25, 0.3) is 0 Å². The fourth-order valence-corrected chi connectivity index (χ4v) is 4.71. The molecule has 88 valence electrons. The summed E-state index contributed by atoms with van der Waals surface area (Å²) in [6.45, 7) is 4.10. The first-order chi connectivity index (χ1) is 6.39. The first-order valence-electron chi connectivity index (χ1n) is 4.78. The van der Waals surface area contributed by atoms with Crippen LogP contribution in [0, 0.1) is 0 Å². The average molecular weight is 340 g/mol. The molecule has 0 saturated heterocycles. The Morgan fingerprint density at radius 2 is 1.86 bits per heavy atom. The van der Waals surface area contributed by atoms with Gasteiger partial charge in [-0.2, -0.15) is 8.78 Å². The molecule has 5 heteroatoms. The minimum absolute atomic E-state index is 0.0649. The van der Waals surface area contributed by atoms with Crippen molar-refractivity contribution in [1.29, 1.82) is 0 Å². The van der Waals surface area contributed by atoms with E-state index in [9.17, 15) is 8.78 Å². The molecule has 0 spiro atoms. The van der Waals surface area contributed by atoms with E-state index in [1.807, 2.05) is 6.92 Å². The molecule has 0 saturated carbocycles. The van der Waals surface area contributed by atoms with Crippen LogP contribution in [-0.4, -0.2) is 28.3 Å². The number of alkyl halides is 3. The van der Waals surface area contributed by atoms with Gasteiger partial charge in [0.05, 0.1) is 0 Å². The van der Waals surface area contributed by atoms with E-state index < -0.39 is 14.2 Å². The van der Waals surface area contributed by atoms with Gasteiger partial charge in [0.2, 0.25) is 0 Å². The summed E-state index contributed by atoms with van der Waals surface area (Å²) in [5, 5.41) is 0. The Hall–Kier alpha value is 0.900. The fraction of sp³-hybridized carbons (Fsp3) is 1.00. The minimum atomic E-state index is -2.59. The molecule has 1 atom stereocenters. The van der Waals surface area contributed by atoms with Crippen molar-refractivity contribution < 1.29 is 13.0 Å². The summed E-state index contributed by atoms with van der Waals surface area (Å²) in [5.74, 6) is 2.33. The predicted molar refractivity (Wildman–Crippen MR) is 68.8 cm³/mol. The number of halogens is 3. The van der Waals surface area contributed by atoms with Gasteiger partial charge in [-0.25, -0.2) is 0 Å². The van der Waals surface area contributed by atoms with Gasteiger partial charge in [-0.1, -0.05) is 13.8 Å². The van der Waals surface area contributed by atoms with E-state index in [0.717, 1.165) is 17.9 Å². The Morgan fingerprint density at radius 3 is 2.14 bits per heavy atom. The molecule has 1 nitrogen and oxygen atoms in total. The second-order valence-electron chi connectivity index (χ2n) is 3.19. The molecule has 0 aliphatic carbocycles. The maximum absolute atomic E-state index is 12.7. The monoisotopic (exact) mass is 340 g/mol. The van der Waals surface area contributed by atoms with Crippen LogP contribution in [0.1, 0.15) is 26.7 Å². The quantitative estimate of drug-likeness (QED) is 0.499. The van der Waals surface area contributed by atoms with Crippen LogP contribution in [0.2, 0.25) is 0 Å². The van der Waals surface area contributed by atoms with Gasteiger partial charge >= 0.3 is 0 Å². The number of hydrogen-bond donors (Lipinski definition) is 0. The van der Waals surface area contributed by atoms with Crippen LogP contribution in [-0.2, 0) is 4.18 Å². The van der Waals surface area contributed by atoms with Gasteiger partial charge in [-0.15, -0.1) is 10.3 Å². The lowest BCUT2D eigenvalue weighted by Crippen LogP contribution is -2.18. The van der Waals surface area contributed by atoms with Crippen LogP contribution in [0.3, 0.4) is 0 Å². The standard InChI is InChI=1S/C9H19F2IOS/c1-4-7-14(5-2,13-3)8-6-9(10,11)12/h4-8H2,1-3H3. The lowest BCUT2D eigenvalue weighted by Gasteiger charge is -2.37. The molecule has 0 rings (SSSR count). The summed E-state index contributed by atoms with van der Waals surface area (Å²) in [6.07, 6.45) is 0.939. The third-order valence-corrected chi connectivity index (χ3v) is 6.61. The lowest BCUT2D eigenvalue weighted by molar-refractivity contribution is 0.123. The second kappa shape index (κ2) is 6.48. The van der Waals surface area contributed by atoms with Crippen LogP contribution in [0.4, 0.5) is 8.78 Å². The highest BCUT2D eigenvalue weighted by Crippen LogP contribution is 2.50. The maximum Gasteiger partial charge on any atom is 0.297 e. The van der Waals surface area contributed by atoms with E-state index >= 15 is 0 Å². The van der Waals surface area contributed by atoms with E-state index in [2.05, 4.69) is 6.92 Å². The van der Waals surface area contributed by atoms with E-state index in [-0.39, 0.29) is 6.42 Å². The van der Waals surface area contributed by atoms with Gasteiger partial charge in [0.15, 0.2) is 0 Å². The molecular weight excluding hydrogens is 321 g/mol. The molecule has 0 aromatic heterocycles. The Labute approximate surface area is 101 Å². The Morgan fingerprint density at radius 1 is 1.29 bits per heavy atom. The van der Waals surface area contributed by atoms with Crippen molar-refractivity contribution in [2.75, 3.05) is 24.4 Å². The molecule has 0 N–H and O–H groups in total. The largest absolute Gasteiger partial charge is 0.340 e. The lowest BCUT2D eigenvalue weighted by atomic mass is 10.5. The molecule has 1 unspecified atom stereocenters. The van der Waals surface area contributed by atoms with Crippen LogP contribution in [0.15, 0.2) is 0 Å². The molecule has 0 aliphatic rings. The van der Waals surface area contributed by atoms with Crippen molar-refractivity contribution in [1.82, 2.24) is 0 Å². The minimum Gasteiger partial charge on any atom is -0.340 e. The maximum atomic E-state index is 12.7. The molecule has 0 bridgehead atoms. The second-order valence-corrected chi connectivity index (χ2v) is 8.43. The van der Waals surface area contributed by atoms with Gasteiger partial charge in [0, 0.05) is 19.3 Å². The smallest absolute Gasteiger partial charge is 0.297 e. The molecule has 0 heterocycles. The van der Waals surface area contributed by atoms with E-state index in [4.69, 9.17) is 4.18 Å². The van der Waals surface area contributed by atoms with Gasteiger partial charge in [-0.3, -0.25) is 0 Å². The van der Waals surface area contributed by atoms with Crippen molar-refractivity contribution >= 4 is 32.9 Å². The third-order valence-electron chi connectivity index (χ3n) is 2.21. The molecule has 0 radical (unpaired) electrons. The Kier molecular flexibility index (Phi) is 6.89. The van der Waals surface area contributed by atoms with Crippen LogP contribution < -0.4 is 0 Å². The Balaban J connectivity index is 4.21. The zero-order chi connectivity index (χ0) is 11.2. The molecule has 14 heavy (non-hydrogen) atoms. The topological polar surface area (TPSA) is 9.23 Å². The van der Waals surface area contributed by atoms with Crippen LogP contribution in [0.5, 0.6) is 0 Å². The molecule has 0 aromatic rings. The summed E-state index contributed by atoms with van der Waals surface area (Å²) >= 11 is 1.20. The predicted octanol–water partition coefficient (Wildman–Crippen LogP) is 4.20. The van der Waals surface area contributed by atoms with Crippen molar-refractivity contribution in [3.05, 3.63) is 0 Å². The SMILES string of the molecule is CCCS(CC)(CCC(F)(F)I)OC. The van der Waals surface area contributed by atoms with E-state index in [0.29, 0.717) is 5.75 Å². The summed E-state index contributed by atoms with van der Waals surface area (Å²) in [4.78, 5) is 0. The van der Waals surface area contributed by atoms with E-state index in [1.54, 1.807) is 7.11 Å². The van der Waals surface area contributed by atoms with Gasteiger partial charge in [0.25, 0.3) is 3.93 Å². The number of rotatable bonds is 7. The van der Waals surface area contributed by atoms with E-state index in [1.165, 1.54) is 22.6 Å². The summed E-state index contributed by atoms with van der Waals surface area (Å²) < 4.78 is 28.3. The molecular formula is C9H19F2IOS. The first kappa shape index (κ1) is 14.9. The summed E-state index contributed by atoms with van der Waals surface area (Å²) in [7, 11) is 0.412. The first-order valence-corrected chi connectivity index (χ1v) is 7.92. The van der Waals surface area contributed by atoms with Crippen molar-refractivity contribution in [3.8, 4) is 0 Å². The highest BCUT2D eigenvalue weighted by Gasteiger charge is 2.29. The number of hydrogen-bond acceptors (Lipinski definition) is 1. The van der Waals surface area contributed by atoms with Gasteiger partial charge in [0.1, 0.15) is 0 Å². The van der Waals surface area contributed by atoms with Gasteiger partial charge < -0.3 is 4.18 Å². The highest BCUT2D eigenvalue weighted by atomic mass is 127. The normalized spacial score (nSPS) is 19.0. The summed E-state index contributed by atoms with van der Waals surface area (Å²) in [6, 6.07) is 0. The molecule has 0 aromatic carbocycles. The van der Waals surface area contributed by atoms with Gasteiger partial charge in [-0.05, 0) is 40.5 Å². The van der Waals surface area contributed by atoms with Crippen molar-refractivity contribution in [2.24, 2.45) is 0 Å². The molecule has 0 fully saturated rings. The average Bonchev–Trinajstić information content (AvgIpc) is 2.11. The van der Waals surface area contributed by atoms with Crippen LogP contribution >= 0.6 is 32.9 Å². The van der Waals surface area contributed by atoms with Crippen molar-refractivity contribution in [3.63, 3.8) is 0 Å². The molecule has 0 amide bonds. The zero-order valence-corrected chi connectivity index (χ0v) is 12.0. The summed E-state index contributed by atoms with van der Waals surface area (Å²) in [5.41, 5.74) is 0. The Bertz CT molecular complexity index is 157. The third kappa shape index (κ3) is 5.70. The highest BCUT2D eigenvalue weighted by molar-refractivity contribution is 14.1. The molecule has 0 aliphatic heterocycles. The fourth-order valence-electron chi connectivity index (χ4n) is 1.35. The van der Waals surface area contributed by atoms with Crippen molar-refractivity contribution in [2.45, 2.75) is 30.6 Å².